The molecule has 0 heterocycles. The van der Waals surface area contributed by atoms with E-state index in [9.17, 15) is 4.79 Å². The molecule has 3 nitrogen and oxygen atoms in total. The fourth-order valence-electron chi connectivity index (χ4n) is 1.08. The van der Waals surface area contributed by atoms with E-state index < -0.39 is 5.91 Å². The maximum atomic E-state index is 10.8. The van der Waals surface area contributed by atoms with Gasteiger partial charge in [0.15, 0.2) is 0 Å². The van der Waals surface area contributed by atoms with Crippen LogP contribution in [-0.2, 0) is 4.74 Å². The zero-order valence-electron chi connectivity index (χ0n) is 7.78. The summed E-state index contributed by atoms with van der Waals surface area (Å²) in [4.78, 5) is 10.8. The molecule has 0 radical (unpaired) electrons. The molecule has 1 unspecified atom stereocenters. The number of rotatable bonds is 3. The molecule has 1 amide bonds. The molecule has 3 heteroatoms. The first-order valence-corrected chi connectivity index (χ1v) is 4.07. The van der Waals surface area contributed by atoms with Crippen LogP contribution in [0.5, 0.6) is 0 Å². The van der Waals surface area contributed by atoms with Gasteiger partial charge in [0.05, 0.1) is 6.10 Å². The maximum absolute atomic E-state index is 10.8. The number of carbonyl (C=O) groups is 1. The van der Waals surface area contributed by atoms with Gasteiger partial charge < -0.3 is 10.5 Å². The molecule has 0 aliphatic rings. The smallest absolute Gasteiger partial charge is 0.248 e. The van der Waals surface area contributed by atoms with Crippen LogP contribution in [0.2, 0.25) is 0 Å². The molecule has 0 fully saturated rings. The van der Waals surface area contributed by atoms with Gasteiger partial charge in [0.1, 0.15) is 0 Å². The van der Waals surface area contributed by atoms with Crippen molar-refractivity contribution in [3.8, 4) is 0 Å². The Hall–Kier alpha value is -1.35. The van der Waals surface area contributed by atoms with Crippen molar-refractivity contribution >= 4 is 5.91 Å². The average Bonchev–Trinajstić information content (AvgIpc) is 2.17. The fourth-order valence-corrected chi connectivity index (χ4v) is 1.08. The molecule has 13 heavy (non-hydrogen) atoms. The van der Waals surface area contributed by atoms with Gasteiger partial charge in [-0.3, -0.25) is 4.79 Å². The number of hydrogen-bond acceptors (Lipinski definition) is 2. The number of methoxy groups -OCH3 is 1. The Morgan fingerprint density at radius 2 is 2.23 bits per heavy atom. The van der Waals surface area contributed by atoms with Gasteiger partial charge in [0.25, 0.3) is 0 Å². The lowest BCUT2D eigenvalue weighted by Gasteiger charge is -2.09. The Bertz CT molecular complexity index is 310. The number of hydrogen-bond donors (Lipinski definition) is 1. The molecule has 1 atom stereocenters. The first kappa shape index (κ1) is 9.74. The third-order valence-electron chi connectivity index (χ3n) is 1.99. The summed E-state index contributed by atoms with van der Waals surface area (Å²) in [5, 5.41) is 0. The minimum absolute atomic E-state index is 0.0145. The molecule has 1 rings (SSSR count). The van der Waals surface area contributed by atoms with Crippen LogP contribution in [0.3, 0.4) is 0 Å². The van der Waals surface area contributed by atoms with Crippen molar-refractivity contribution in [3.63, 3.8) is 0 Å². The third kappa shape index (κ3) is 2.29. The lowest BCUT2D eigenvalue weighted by Crippen LogP contribution is -2.11. The summed E-state index contributed by atoms with van der Waals surface area (Å²) >= 11 is 0. The third-order valence-corrected chi connectivity index (χ3v) is 1.99. The topological polar surface area (TPSA) is 52.3 Å². The summed E-state index contributed by atoms with van der Waals surface area (Å²) in [5.41, 5.74) is 6.62. The summed E-state index contributed by atoms with van der Waals surface area (Å²) in [5.74, 6) is -0.412. The highest BCUT2D eigenvalue weighted by molar-refractivity contribution is 5.92. The highest BCUT2D eigenvalue weighted by Crippen LogP contribution is 2.16. The van der Waals surface area contributed by atoms with E-state index in [1.54, 1.807) is 25.3 Å². The van der Waals surface area contributed by atoms with Crippen LogP contribution >= 0.6 is 0 Å². The van der Waals surface area contributed by atoms with Gasteiger partial charge in [-0.15, -0.1) is 0 Å². The second kappa shape index (κ2) is 4.05. The molecule has 1 aromatic rings. The molecule has 0 aromatic heterocycles. The van der Waals surface area contributed by atoms with Crippen molar-refractivity contribution in [2.75, 3.05) is 7.11 Å². The zero-order chi connectivity index (χ0) is 9.84. The quantitative estimate of drug-likeness (QED) is 0.764. The summed E-state index contributed by atoms with van der Waals surface area (Å²) in [7, 11) is 1.63. The van der Waals surface area contributed by atoms with Gasteiger partial charge in [0.2, 0.25) is 5.91 Å². The van der Waals surface area contributed by atoms with Crippen LogP contribution < -0.4 is 5.73 Å². The van der Waals surface area contributed by atoms with Gasteiger partial charge in [-0.25, -0.2) is 0 Å². The normalized spacial score (nSPS) is 12.5. The van der Waals surface area contributed by atoms with Crippen LogP contribution in [0.25, 0.3) is 0 Å². The van der Waals surface area contributed by atoms with Gasteiger partial charge >= 0.3 is 0 Å². The molecule has 0 aliphatic carbocycles. The minimum atomic E-state index is -0.412. The van der Waals surface area contributed by atoms with E-state index in [0.717, 1.165) is 5.56 Å². The van der Waals surface area contributed by atoms with E-state index >= 15 is 0 Å². The number of amides is 1. The Morgan fingerprint density at radius 1 is 1.54 bits per heavy atom. The molecule has 70 valence electrons. The van der Waals surface area contributed by atoms with E-state index in [1.165, 1.54) is 0 Å². The van der Waals surface area contributed by atoms with Gasteiger partial charge in [-0.05, 0) is 24.6 Å². The number of carbonyl (C=O) groups excluding carboxylic acids is 1. The second-order valence-corrected chi connectivity index (χ2v) is 2.87. The van der Waals surface area contributed by atoms with Gasteiger partial charge in [-0.1, -0.05) is 12.1 Å². The highest BCUT2D eigenvalue weighted by atomic mass is 16.5. The molecule has 0 aliphatic heterocycles. The lowest BCUT2D eigenvalue weighted by atomic mass is 10.1. The van der Waals surface area contributed by atoms with E-state index in [-0.39, 0.29) is 6.10 Å². The predicted octanol–water partition coefficient (Wildman–Crippen LogP) is 1.49. The number of ether oxygens (including phenoxy) is 1. The Balaban J connectivity index is 2.98. The summed E-state index contributed by atoms with van der Waals surface area (Å²) < 4.78 is 5.12. The molecule has 1 aromatic carbocycles. The largest absolute Gasteiger partial charge is 0.377 e. The number of nitrogens with two attached hydrogens (primary N) is 1. The molecule has 0 bridgehead atoms. The summed E-state index contributed by atoms with van der Waals surface area (Å²) in [6, 6.07) is 7.14. The van der Waals surface area contributed by atoms with E-state index in [0.29, 0.717) is 5.56 Å². The summed E-state index contributed by atoms with van der Waals surface area (Å²) in [6.45, 7) is 1.92. The minimum Gasteiger partial charge on any atom is -0.377 e. The zero-order valence-corrected chi connectivity index (χ0v) is 7.78. The highest BCUT2D eigenvalue weighted by Gasteiger charge is 2.06. The average molecular weight is 179 g/mol. The number of primary amides is 1. The SMILES string of the molecule is COC(C)c1cccc(C(N)=O)c1. The van der Waals surface area contributed by atoms with Crippen molar-refractivity contribution < 1.29 is 9.53 Å². The summed E-state index contributed by atoms with van der Waals surface area (Å²) in [6.07, 6.45) is -0.0145. The molecule has 2 N–H and O–H groups in total. The van der Waals surface area contributed by atoms with E-state index in [2.05, 4.69) is 0 Å². The Kier molecular flexibility index (Phi) is 3.03. The van der Waals surface area contributed by atoms with Crippen LogP contribution in [0.1, 0.15) is 28.9 Å². The maximum Gasteiger partial charge on any atom is 0.248 e. The van der Waals surface area contributed by atoms with Crippen molar-refractivity contribution in [3.05, 3.63) is 35.4 Å². The van der Waals surface area contributed by atoms with E-state index in [4.69, 9.17) is 10.5 Å². The number of benzene rings is 1. The predicted molar refractivity (Wildman–Crippen MR) is 50.4 cm³/mol. The van der Waals surface area contributed by atoms with Crippen molar-refractivity contribution in [1.82, 2.24) is 0 Å². The second-order valence-electron chi connectivity index (χ2n) is 2.87. The first-order chi connectivity index (χ1) is 6.15. The monoisotopic (exact) mass is 179 g/mol. The molecule has 0 saturated heterocycles. The molecule has 0 saturated carbocycles. The molecular weight excluding hydrogens is 166 g/mol. The van der Waals surface area contributed by atoms with E-state index in [1.807, 2.05) is 13.0 Å². The Labute approximate surface area is 77.5 Å². The lowest BCUT2D eigenvalue weighted by molar-refractivity contribution is 0.0999. The van der Waals surface area contributed by atoms with Crippen LogP contribution in [0, 0.1) is 0 Å². The fraction of sp³-hybridized carbons (Fsp3) is 0.300. The van der Waals surface area contributed by atoms with Crippen LogP contribution in [0.4, 0.5) is 0 Å². The van der Waals surface area contributed by atoms with Crippen molar-refractivity contribution in [2.24, 2.45) is 5.73 Å². The molecular formula is C10H13NO2. The van der Waals surface area contributed by atoms with Crippen LogP contribution in [0.15, 0.2) is 24.3 Å². The van der Waals surface area contributed by atoms with Gasteiger partial charge in [-0.2, -0.15) is 0 Å². The first-order valence-electron chi connectivity index (χ1n) is 4.07. The standard InChI is InChI=1S/C10H13NO2/c1-7(13-2)8-4-3-5-9(6-8)10(11)12/h3-7H,1-2H3,(H2,11,12). The molecule has 0 spiro atoms. The van der Waals surface area contributed by atoms with Crippen molar-refractivity contribution in [2.45, 2.75) is 13.0 Å². The van der Waals surface area contributed by atoms with Gasteiger partial charge in [0, 0.05) is 12.7 Å². The van der Waals surface area contributed by atoms with Crippen LogP contribution in [-0.4, -0.2) is 13.0 Å². The Morgan fingerprint density at radius 3 is 2.77 bits per heavy atom. The van der Waals surface area contributed by atoms with Crippen molar-refractivity contribution in [1.29, 1.82) is 0 Å².